The summed E-state index contributed by atoms with van der Waals surface area (Å²) in [6, 6.07) is 11.5. The van der Waals surface area contributed by atoms with Gasteiger partial charge in [0.1, 0.15) is 5.75 Å². The Morgan fingerprint density at radius 3 is 2.64 bits per heavy atom. The minimum atomic E-state index is -0.476. The number of rotatable bonds is 5. The lowest BCUT2D eigenvalue weighted by Gasteiger charge is -2.06. The molecule has 0 bridgehead atoms. The van der Waals surface area contributed by atoms with Crippen LogP contribution in [-0.2, 0) is 0 Å². The molecule has 0 radical (unpaired) electrons. The van der Waals surface area contributed by atoms with Gasteiger partial charge in [0.2, 0.25) is 0 Å². The summed E-state index contributed by atoms with van der Waals surface area (Å²) >= 11 is 0. The van der Waals surface area contributed by atoms with Gasteiger partial charge in [0, 0.05) is 6.07 Å². The number of aryl methyl sites for hydroxylation is 1. The average Bonchev–Trinajstić information content (AvgIpc) is 2.52. The van der Waals surface area contributed by atoms with Crippen LogP contribution in [0.15, 0.2) is 48.5 Å². The van der Waals surface area contributed by atoms with E-state index in [9.17, 15) is 14.9 Å². The van der Waals surface area contributed by atoms with Crippen molar-refractivity contribution in [2.24, 2.45) is 0 Å². The van der Waals surface area contributed by atoms with E-state index in [4.69, 9.17) is 4.74 Å². The molecule has 0 aliphatic heterocycles. The first kappa shape index (κ1) is 15.4. The highest BCUT2D eigenvalue weighted by Gasteiger charge is 2.12. The van der Waals surface area contributed by atoms with E-state index in [1.165, 1.54) is 25.3 Å². The number of nitro groups is 1. The van der Waals surface area contributed by atoms with E-state index in [-0.39, 0.29) is 11.5 Å². The summed E-state index contributed by atoms with van der Waals surface area (Å²) in [5, 5.41) is 10.9. The molecule has 5 heteroatoms. The minimum absolute atomic E-state index is 0.0394. The minimum Gasteiger partial charge on any atom is -0.496 e. The van der Waals surface area contributed by atoms with Gasteiger partial charge in [-0.3, -0.25) is 14.9 Å². The first-order chi connectivity index (χ1) is 10.5. The number of hydrogen-bond acceptors (Lipinski definition) is 4. The second kappa shape index (κ2) is 6.67. The van der Waals surface area contributed by atoms with Crippen LogP contribution in [0.25, 0.3) is 6.08 Å². The third-order valence-electron chi connectivity index (χ3n) is 3.17. The van der Waals surface area contributed by atoms with Gasteiger partial charge in [-0.05, 0) is 42.8 Å². The first-order valence-corrected chi connectivity index (χ1v) is 6.63. The van der Waals surface area contributed by atoms with Gasteiger partial charge in [0.15, 0.2) is 5.78 Å². The first-order valence-electron chi connectivity index (χ1n) is 6.63. The van der Waals surface area contributed by atoms with E-state index in [1.807, 2.05) is 13.0 Å². The summed E-state index contributed by atoms with van der Waals surface area (Å²) in [6.07, 6.45) is 2.76. The molecule has 0 saturated carbocycles. The molecule has 0 spiro atoms. The van der Waals surface area contributed by atoms with Crippen LogP contribution in [0, 0.1) is 17.0 Å². The Balaban J connectivity index is 2.31. The van der Waals surface area contributed by atoms with Crippen molar-refractivity contribution in [3.63, 3.8) is 0 Å². The van der Waals surface area contributed by atoms with Crippen LogP contribution in [0.3, 0.4) is 0 Å². The van der Waals surface area contributed by atoms with Crippen LogP contribution < -0.4 is 4.74 Å². The van der Waals surface area contributed by atoms with Crippen molar-refractivity contribution in [1.29, 1.82) is 0 Å². The number of methoxy groups -OCH3 is 1. The molecular weight excluding hydrogens is 282 g/mol. The molecule has 5 nitrogen and oxygen atoms in total. The summed E-state index contributed by atoms with van der Waals surface area (Å²) in [4.78, 5) is 22.7. The predicted molar refractivity (Wildman–Crippen MR) is 84.2 cm³/mol. The zero-order valence-corrected chi connectivity index (χ0v) is 12.3. The normalized spacial score (nSPS) is 10.6. The lowest BCUT2D eigenvalue weighted by Crippen LogP contribution is -1.99. The molecule has 0 aromatic heterocycles. The van der Waals surface area contributed by atoms with Crippen molar-refractivity contribution in [3.05, 3.63) is 75.3 Å². The standard InChI is InChI=1S/C17H15NO4/c1-12-7-9-14(17(11-12)22-2)16(19)10-8-13-5-3-4-6-15(13)18(20)21/h3-11H,1-2H3/b10-8+. The number of allylic oxidation sites excluding steroid dienone is 1. The SMILES string of the molecule is COc1cc(C)ccc1C(=O)/C=C/c1ccccc1[N+](=O)[O-]. The lowest BCUT2D eigenvalue weighted by molar-refractivity contribution is -0.385. The number of ether oxygens (including phenoxy) is 1. The van der Waals surface area contributed by atoms with Gasteiger partial charge < -0.3 is 4.74 Å². The molecule has 0 unspecified atom stereocenters. The number of ketones is 1. The van der Waals surface area contributed by atoms with Crippen molar-refractivity contribution < 1.29 is 14.5 Å². The van der Waals surface area contributed by atoms with Gasteiger partial charge >= 0.3 is 0 Å². The summed E-state index contributed by atoms with van der Waals surface area (Å²) in [7, 11) is 1.50. The largest absolute Gasteiger partial charge is 0.496 e. The van der Waals surface area contributed by atoms with Crippen LogP contribution in [0.4, 0.5) is 5.69 Å². The van der Waals surface area contributed by atoms with Crippen LogP contribution in [0.1, 0.15) is 21.5 Å². The average molecular weight is 297 g/mol. The zero-order chi connectivity index (χ0) is 16.1. The molecule has 2 aromatic carbocycles. The Labute approximate surface area is 128 Å². The van der Waals surface area contributed by atoms with Crippen molar-refractivity contribution in [2.45, 2.75) is 6.92 Å². The van der Waals surface area contributed by atoms with Gasteiger partial charge in [0.05, 0.1) is 23.2 Å². The molecule has 0 amide bonds. The number of nitrogens with zero attached hydrogens (tertiary/aromatic N) is 1. The van der Waals surface area contributed by atoms with E-state index in [1.54, 1.807) is 30.3 Å². The van der Waals surface area contributed by atoms with Crippen LogP contribution in [-0.4, -0.2) is 17.8 Å². The van der Waals surface area contributed by atoms with Gasteiger partial charge in [-0.25, -0.2) is 0 Å². The van der Waals surface area contributed by atoms with Crippen LogP contribution in [0.2, 0.25) is 0 Å². The van der Waals surface area contributed by atoms with E-state index < -0.39 is 4.92 Å². The molecule has 0 aliphatic carbocycles. The van der Waals surface area contributed by atoms with Crippen molar-refractivity contribution in [1.82, 2.24) is 0 Å². The van der Waals surface area contributed by atoms with E-state index in [2.05, 4.69) is 0 Å². The van der Waals surface area contributed by atoms with Crippen LogP contribution in [0.5, 0.6) is 5.75 Å². The Morgan fingerprint density at radius 2 is 1.95 bits per heavy atom. The molecule has 22 heavy (non-hydrogen) atoms. The number of carbonyl (C=O) groups is 1. The van der Waals surface area contributed by atoms with E-state index >= 15 is 0 Å². The second-order valence-electron chi connectivity index (χ2n) is 4.72. The quantitative estimate of drug-likeness (QED) is 0.364. The maximum atomic E-state index is 12.3. The number of hydrogen-bond donors (Lipinski definition) is 0. The summed E-state index contributed by atoms with van der Waals surface area (Å²) in [6.45, 7) is 1.90. The fourth-order valence-corrected chi connectivity index (χ4v) is 2.05. The Morgan fingerprint density at radius 1 is 1.23 bits per heavy atom. The molecule has 0 heterocycles. The molecule has 2 rings (SSSR count). The summed E-state index contributed by atoms with van der Waals surface area (Å²) < 4.78 is 5.20. The van der Waals surface area contributed by atoms with E-state index in [0.29, 0.717) is 16.9 Å². The third-order valence-corrected chi connectivity index (χ3v) is 3.17. The Kier molecular flexibility index (Phi) is 4.68. The monoisotopic (exact) mass is 297 g/mol. The fourth-order valence-electron chi connectivity index (χ4n) is 2.05. The van der Waals surface area contributed by atoms with Crippen molar-refractivity contribution in [2.75, 3.05) is 7.11 Å². The summed E-state index contributed by atoms with van der Waals surface area (Å²) in [5.41, 5.74) is 1.74. The molecule has 0 N–H and O–H groups in total. The molecule has 112 valence electrons. The van der Waals surface area contributed by atoms with Gasteiger partial charge in [-0.15, -0.1) is 0 Å². The Hall–Kier alpha value is -2.95. The second-order valence-corrected chi connectivity index (χ2v) is 4.72. The molecule has 0 fully saturated rings. The van der Waals surface area contributed by atoms with Crippen molar-refractivity contribution >= 4 is 17.5 Å². The van der Waals surface area contributed by atoms with Gasteiger partial charge in [-0.2, -0.15) is 0 Å². The maximum Gasteiger partial charge on any atom is 0.276 e. The molecular formula is C17H15NO4. The van der Waals surface area contributed by atoms with E-state index in [0.717, 1.165) is 5.56 Å². The lowest BCUT2D eigenvalue weighted by atomic mass is 10.1. The van der Waals surface area contributed by atoms with Crippen molar-refractivity contribution in [3.8, 4) is 5.75 Å². The molecule has 0 saturated heterocycles. The summed E-state index contributed by atoms with van der Waals surface area (Å²) in [5.74, 6) is 0.215. The van der Waals surface area contributed by atoms with Crippen LogP contribution >= 0.6 is 0 Å². The highest BCUT2D eigenvalue weighted by atomic mass is 16.6. The number of carbonyl (C=O) groups excluding carboxylic acids is 1. The topological polar surface area (TPSA) is 69.4 Å². The van der Waals surface area contributed by atoms with Gasteiger partial charge in [-0.1, -0.05) is 18.2 Å². The number of benzene rings is 2. The zero-order valence-electron chi connectivity index (χ0n) is 12.3. The number of para-hydroxylation sites is 1. The highest BCUT2D eigenvalue weighted by Crippen LogP contribution is 2.23. The number of nitro benzene ring substituents is 1. The molecule has 0 aliphatic rings. The fraction of sp³-hybridized carbons (Fsp3) is 0.118. The molecule has 0 atom stereocenters. The van der Waals surface area contributed by atoms with Gasteiger partial charge in [0.25, 0.3) is 5.69 Å². The Bertz CT molecular complexity index is 750. The highest BCUT2D eigenvalue weighted by molar-refractivity contribution is 6.08. The smallest absolute Gasteiger partial charge is 0.276 e. The maximum absolute atomic E-state index is 12.3. The third kappa shape index (κ3) is 3.38. The molecule has 2 aromatic rings. The predicted octanol–water partition coefficient (Wildman–Crippen LogP) is 3.81.